The minimum Gasteiger partial charge on any atom is -0.506 e. The Bertz CT molecular complexity index is 522. The number of hydrogen-bond donors (Lipinski definition) is 2. The second-order valence-electron chi connectivity index (χ2n) is 6.25. The fraction of sp³-hybridized carbons (Fsp3) is 0.533. The van der Waals surface area contributed by atoms with E-state index in [0.29, 0.717) is 24.7 Å². The SMILES string of the molecule is CC(C)(C)OC(=O)N1CC(NCc2ccc(O)c(Cl)c2)C1. The van der Waals surface area contributed by atoms with Crippen molar-refractivity contribution in [3.63, 3.8) is 0 Å². The molecule has 0 atom stereocenters. The quantitative estimate of drug-likeness (QED) is 0.901. The minimum absolute atomic E-state index is 0.0835. The van der Waals surface area contributed by atoms with E-state index in [1.165, 1.54) is 0 Å². The van der Waals surface area contributed by atoms with E-state index in [9.17, 15) is 9.90 Å². The minimum atomic E-state index is -0.460. The second-order valence-corrected chi connectivity index (χ2v) is 6.66. The van der Waals surface area contributed by atoms with Gasteiger partial charge in [-0.3, -0.25) is 0 Å². The van der Waals surface area contributed by atoms with Crippen LogP contribution in [0.3, 0.4) is 0 Å². The molecule has 1 aliphatic heterocycles. The first-order valence-corrected chi connectivity index (χ1v) is 7.31. The van der Waals surface area contributed by atoms with E-state index in [2.05, 4.69) is 5.32 Å². The fourth-order valence-corrected chi connectivity index (χ4v) is 2.21. The van der Waals surface area contributed by atoms with Gasteiger partial charge in [-0.2, -0.15) is 0 Å². The van der Waals surface area contributed by atoms with Crippen LogP contribution >= 0.6 is 11.6 Å². The predicted molar refractivity (Wildman–Crippen MR) is 81.6 cm³/mol. The Kier molecular flexibility index (Phi) is 4.64. The van der Waals surface area contributed by atoms with Crippen LogP contribution in [0.15, 0.2) is 18.2 Å². The van der Waals surface area contributed by atoms with Gasteiger partial charge in [0.2, 0.25) is 0 Å². The number of carbonyl (C=O) groups excluding carboxylic acids is 1. The van der Waals surface area contributed by atoms with Crippen LogP contribution in [0.2, 0.25) is 5.02 Å². The summed E-state index contributed by atoms with van der Waals surface area (Å²) >= 11 is 5.86. The molecule has 1 fully saturated rings. The van der Waals surface area contributed by atoms with E-state index in [4.69, 9.17) is 16.3 Å². The van der Waals surface area contributed by atoms with Crippen molar-refractivity contribution < 1.29 is 14.6 Å². The molecule has 5 nitrogen and oxygen atoms in total. The Labute approximate surface area is 129 Å². The molecular formula is C15H21ClN2O3. The van der Waals surface area contributed by atoms with Crippen LogP contribution in [0.5, 0.6) is 5.75 Å². The number of likely N-dealkylation sites (tertiary alicyclic amines) is 1. The average molecular weight is 313 g/mol. The third kappa shape index (κ3) is 4.51. The largest absolute Gasteiger partial charge is 0.506 e. The average Bonchev–Trinajstić information content (AvgIpc) is 2.29. The van der Waals surface area contributed by atoms with Gasteiger partial charge in [-0.25, -0.2) is 4.79 Å². The summed E-state index contributed by atoms with van der Waals surface area (Å²) in [6, 6.07) is 5.38. The Morgan fingerprint density at radius 2 is 2.14 bits per heavy atom. The molecule has 1 saturated heterocycles. The van der Waals surface area contributed by atoms with E-state index >= 15 is 0 Å². The van der Waals surface area contributed by atoms with E-state index in [-0.39, 0.29) is 17.9 Å². The molecule has 1 heterocycles. The fourth-order valence-electron chi connectivity index (χ4n) is 2.01. The topological polar surface area (TPSA) is 61.8 Å². The molecule has 6 heteroatoms. The molecule has 0 aliphatic carbocycles. The van der Waals surface area contributed by atoms with Crippen LogP contribution < -0.4 is 5.32 Å². The van der Waals surface area contributed by atoms with Crippen LogP contribution in [0.4, 0.5) is 4.79 Å². The molecule has 0 bridgehead atoms. The predicted octanol–water partition coefficient (Wildman–Crippen LogP) is 2.75. The molecule has 0 saturated carbocycles. The number of nitrogens with zero attached hydrogens (tertiary/aromatic N) is 1. The molecule has 1 amide bonds. The maximum absolute atomic E-state index is 11.8. The number of halogens is 1. The van der Waals surface area contributed by atoms with Crippen LogP contribution in [0.1, 0.15) is 26.3 Å². The van der Waals surface area contributed by atoms with Crippen LogP contribution in [0.25, 0.3) is 0 Å². The number of rotatable bonds is 3. The molecule has 1 aliphatic rings. The summed E-state index contributed by atoms with van der Waals surface area (Å²) in [4.78, 5) is 13.4. The lowest BCUT2D eigenvalue weighted by Crippen LogP contribution is -2.60. The van der Waals surface area contributed by atoms with E-state index in [1.807, 2.05) is 26.8 Å². The van der Waals surface area contributed by atoms with Crippen molar-refractivity contribution in [2.45, 2.75) is 39.0 Å². The van der Waals surface area contributed by atoms with Crippen molar-refractivity contribution in [3.8, 4) is 5.75 Å². The zero-order chi connectivity index (χ0) is 15.6. The van der Waals surface area contributed by atoms with Crippen molar-refractivity contribution in [3.05, 3.63) is 28.8 Å². The standard InChI is InChI=1S/C15H21ClN2O3/c1-15(2,3)21-14(20)18-8-11(9-18)17-7-10-4-5-13(19)12(16)6-10/h4-6,11,17,19H,7-9H2,1-3H3. The lowest BCUT2D eigenvalue weighted by molar-refractivity contribution is 0.00518. The summed E-state index contributed by atoms with van der Waals surface area (Å²) in [6.07, 6.45) is -0.270. The first-order chi connectivity index (χ1) is 9.74. The van der Waals surface area contributed by atoms with Crippen molar-refractivity contribution in [1.29, 1.82) is 0 Å². The van der Waals surface area contributed by atoms with Crippen molar-refractivity contribution in [2.75, 3.05) is 13.1 Å². The maximum Gasteiger partial charge on any atom is 0.410 e. The highest BCUT2D eigenvalue weighted by molar-refractivity contribution is 6.32. The van der Waals surface area contributed by atoms with Crippen molar-refractivity contribution >= 4 is 17.7 Å². The number of aromatic hydroxyl groups is 1. The number of nitrogens with one attached hydrogen (secondary N) is 1. The molecular weight excluding hydrogens is 292 g/mol. The van der Waals surface area contributed by atoms with Gasteiger partial charge in [-0.15, -0.1) is 0 Å². The molecule has 0 radical (unpaired) electrons. The number of carbonyl (C=O) groups is 1. The Hall–Kier alpha value is -1.46. The molecule has 116 valence electrons. The van der Waals surface area contributed by atoms with Crippen LogP contribution in [0, 0.1) is 0 Å². The zero-order valence-corrected chi connectivity index (χ0v) is 13.3. The number of phenolic OH excluding ortho intramolecular Hbond substituents is 1. The number of benzene rings is 1. The number of hydrogen-bond acceptors (Lipinski definition) is 4. The zero-order valence-electron chi connectivity index (χ0n) is 12.5. The highest BCUT2D eigenvalue weighted by atomic mass is 35.5. The molecule has 21 heavy (non-hydrogen) atoms. The van der Waals surface area contributed by atoms with Crippen LogP contribution in [-0.2, 0) is 11.3 Å². The summed E-state index contributed by atoms with van der Waals surface area (Å²) in [7, 11) is 0. The molecule has 0 aromatic heterocycles. The summed E-state index contributed by atoms with van der Waals surface area (Å²) in [5.74, 6) is 0.0835. The Balaban J connectivity index is 1.73. The summed E-state index contributed by atoms with van der Waals surface area (Å²) in [6.45, 7) is 7.49. The lowest BCUT2D eigenvalue weighted by Gasteiger charge is -2.40. The van der Waals surface area contributed by atoms with Gasteiger partial charge in [0, 0.05) is 25.7 Å². The van der Waals surface area contributed by atoms with Gasteiger partial charge < -0.3 is 20.1 Å². The molecule has 0 unspecified atom stereocenters. The molecule has 1 aromatic carbocycles. The monoisotopic (exact) mass is 312 g/mol. The third-order valence-electron chi connectivity index (χ3n) is 3.14. The smallest absolute Gasteiger partial charge is 0.410 e. The normalized spacial score (nSPS) is 15.7. The van der Waals surface area contributed by atoms with Gasteiger partial charge in [-0.1, -0.05) is 17.7 Å². The molecule has 1 aromatic rings. The van der Waals surface area contributed by atoms with E-state index in [0.717, 1.165) is 5.56 Å². The number of phenols is 1. The number of amides is 1. The summed E-state index contributed by atoms with van der Waals surface area (Å²) in [5.41, 5.74) is 0.534. The first kappa shape index (κ1) is 15.9. The maximum atomic E-state index is 11.8. The summed E-state index contributed by atoms with van der Waals surface area (Å²) < 4.78 is 5.30. The van der Waals surface area contributed by atoms with Gasteiger partial charge in [0.15, 0.2) is 0 Å². The lowest BCUT2D eigenvalue weighted by atomic mass is 10.1. The third-order valence-corrected chi connectivity index (χ3v) is 3.44. The van der Waals surface area contributed by atoms with E-state index in [1.54, 1.807) is 17.0 Å². The summed E-state index contributed by atoms with van der Waals surface area (Å²) in [5, 5.41) is 13.0. The van der Waals surface area contributed by atoms with Gasteiger partial charge in [0.05, 0.1) is 5.02 Å². The first-order valence-electron chi connectivity index (χ1n) is 6.93. The molecule has 0 spiro atoms. The van der Waals surface area contributed by atoms with Crippen molar-refractivity contribution in [2.24, 2.45) is 0 Å². The highest BCUT2D eigenvalue weighted by Crippen LogP contribution is 2.23. The van der Waals surface area contributed by atoms with Gasteiger partial charge >= 0.3 is 6.09 Å². The van der Waals surface area contributed by atoms with Gasteiger partial charge in [0.25, 0.3) is 0 Å². The van der Waals surface area contributed by atoms with Gasteiger partial charge in [-0.05, 0) is 38.5 Å². The molecule has 2 N–H and O–H groups in total. The van der Waals surface area contributed by atoms with Crippen LogP contribution in [-0.4, -0.2) is 40.8 Å². The Morgan fingerprint density at radius 3 is 2.71 bits per heavy atom. The Morgan fingerprint density at radius 1 is 1.48 bits per heavy atom. The molecule has 2 rings (SSSR count). The van der Waals surface area contributed by atoms with E-state index < -0.39 is 5.60 Å². The van der Waals surface area contributed by atoms with Crippen molar-refractivity contribution in [1.82, 2.24) is 10.2 Å². The highest BCUT2D eigenvalue weighted by Gasteiger charge is 2.33. The second kappa shape index (κ2) is 6.12. The van der Waals surface area contributed by atoms with Gasteiger partial charge in [0.1, 0.15) is 11.4 Å². The number of ether oxygens (including phenoxy) is 1.